The Morgan fingerprint density at radius 3 is 0.920 bits per heavy atom. The molecule has 0 unspecified atom stereocenters. The van der Waals surface area contributed by atoms with Crippen LogP contribution in [0.3, 0.4) is 0 Å². The molecule has 2 aromatic rings. The SMILES string of the molecule is O=C(O)c1cc(O)c(O)c(O)c1.O=C(O)c1cc(O)c(O)c(O)c1.[TeH2]. The zero-order valence-electron chi connectivity index (χ0n) is 12.2. The van der Waals surface area contributed by atoms with Gasteiger partial charge in [0, 0.05) is 0 Å². The molecule has 0 radical (unpaired) electrons. The van der Waals surface area contributed by atoms with Crippen molar-refractivity contribution in [1.29, 1.82) is 0 Å². The molecule has 8 N–H and O–H groups in total. The quantitative estimate of drug-likeness (QED) is 0.220. The van der Waals surface area contributed by atoms with E-state index in [0.717, 1.165) is 24.3 Å². The summed E-state index contributed by atoms with van der Waals surface area (Å²) in [4.78, 5) is 20.6. The Kier molecular flexibility index (Phi) is 7.66. The number of carboxylic acid groups (broad SMARTS) is 2. The van der Waals surface area contributed by atoms with E-state index in [0.29, 0.717) is 0 Å². The molecule has 0 saturated carbocycles. The third kappa shape index (κ3) is 5.52. The number of hydrogen-bond donors (Lipinski definition) is 8. The van der Waals surface area contributed by atoms with E-state index in [4.69, 9.17) is 40.9 Å². The summed E-state index contributed by atoms with van der Waals surface area (Å²) in [6.45, 7) is 0. The summed E-state index contributed by atoms with van der Waals surface area (Å²) >= 11 is 0. The fourth-order valence-electron chi connectivity index (χ4n) is 1.46. The molecule has 0 atom stereocenters. The van der Waals surface area contributed by atoms with Gasteiger partial charge in [0.05, 0.1) is 11.1 Å². The van der Waals surface area contributed by atoms with Gasteiger partial charge in [-0.2, -0.15) is 0 Å². The topological polar surface area (TPSA) is 196 Å². The number of benzene rings is 2. The van der Waals surface area contributed by atoms with E-state index in [1.807, 2.05) is 0 Å². The maximum absolute atomic E-state index is 10.3. The van der Waals surface area contributed by atoms with Crippen molar-refractivity contribution >= 4 is 35.6 Å². The van der Waals surface area contributed by atoms with Crippen molar-refractivity contribution < 1.29 is 50.4 Å². The maximum atomic E-state index is 10.3. The second-order valence-corrected chi connectivity index (χ2v) is 4.34. The Labute approximate surface area is 156 Å². The Bertz CT molecular complexity index is 689. The number of carboxylic acids is 2. The molecule has 0 saturated heterocycles. The second-order valence-electron chi connectivity index (χ2n) is 4.34. The zero-order valence-corrected chi connectivity index (χ0v) is 15.1. The van der Waals surface area contributed by atoms with Gasteiger partial charge in [-0.25, -0.2) is 9.59 Å². The summed E-state index contributed by atoms with van der Waals surface area (Å²) in [5.41, 5.74) is -0.578. The van der Waals surface area contributed by atoms with Gasteiger partial charge >= 0.3 is 35.6 Å². The van der Waals surface area contributed by atoms with Crippen LogP contribution >= 0.6 is 0 Å². The first kappa shape index (κ1) is 22.0. The average molecular weight is 470 g/mol. The van der Waals surface area contributed by atoms with Crippen molar-refractivity contribution in [2.75, 3.05) is 0 Å². The minimum absolute atomic E-state index is 0. The Hall–Kier alpha value is -3.03. The molecule has 25 heavy (non-hydrogen) atoms. The summed E-state index contributed by atoms with van der Waals surface area (Å²) in [5.74, 6) is -6.67. The Morgan fingerprint density at radius 1 is 0.560 bits per heavy atom. The predicted molar refractivity (Wildman–Crippen MR) is 85.3 cm³/mol. The molecule has 2 aromatic carbocycles. The van der Waals surface area contributed by atoms with Crippen LogP contribution in [0.15, 0.2) is 24.3 Å². The average Bonchev–Trinajstić information content (AvgIpc) is 2.49. The first-order valence-corrected chi connectivity index (χ1v) is 6.01. The van der Waals surface area contributed by atoms with Crippen molar-refractivity contribution in [3.8, 4) is 34.5 Å². The van der Waals surface area contributed by atoms with Crippen molar-refractivity contribution in [1.82, 2.24) is 0 Å². The Balaban J connectivity index is 0.000000443. The fourth-order valence-corrected chi connectivity index (χ4v) is 1.46. The van der Waals surface area contributed by atoms with Gasteiger partial charge in [-0.3, -0.25) is 0 Å². The van der Waals surface area contributed by atoms with Crippen LogP contribution in [0.4, 0.5) is 0 Å². The van der Waals surface area contributed by atoms with Crippen molar-refractivity contribution in [2.24, 2.45) is 0 Å². The van der Waals surface area contributed by atoms with Crippen molar-refractivity contribution in [3.63, 3.8) is 0 Å². The summed E-state index contributed by atoms with van der Waals surface area (Å²) in [7, 11) is 0. The number of aromatic carboxylic acids is 2. The van der Waals surface area contributed by atoms with Gasteiger partial charge in [0.25, 0.3) is 0 Å². The molecule has 0 aliphatic heterocycles. The van der Waals surface area contributed by atoms with E-state index >= 15 is 0 Å². The normalized spacial score (nSPS) is 9.28. The first-order chi connectivity index (χ1) is 11.0. The molecule has 0 aromatic heterocycles. The summed E-state index contributed by atoms with van der Waals surface area (Å²) in [6.07, 6.45) is 0. The molecule has 136 valence electrons. The number of rotatable bonds is 2. The molecule has 0 bridgehead atoms. The number of phenols is 6. The van der Waals surface area contributed by atoms with Gasteiger partial charge in [-0.1, -0.05) is 0 Å². The van der Waals surface area contributed by atoms with Crippen LogP contribution in [0, 0.1) is 0 Å². The standard InChI is InChI=1S/2C7H6O5.H2Te/c2*8-4-1-3(7(11)12)2-5(9)6(4)10;/h2*1-2,8-10H,(H,11,12);1H2. The van der Waals surface area contributed by atoms with Gasteiger partial charge < -0.3 is 40.9 Å². The van der Waals surface area contributed by atoms with E-state index in [-0.39, 0.29) is 34.8 Å². The molecular weight excluding hydrogens is 456 g/mol. The van der Waals surface area contributed by atoms with Gasteiger partial charge in [0.15, 0.2) is 34.5 Å². The number of phenolic OH excluding ortho intramolecular Hbond substituents is 6. The third-order valence-corrected chi connectivity index (χ3v) is 2.63. The van der Waals surface area contributed by atoms with Gasteiger partial charge in [-0.05, 0) is 24.3 Å². The molecule has 0 amide bonds. The van der Waals surface area contributed by atoms with E-state index in [1.165, 1.54) is 0 Å². The first-order valence-electron chi connectivity index (χ1n) is 6.01. The molecule has 11 heteroatoms. The number of hydrogen-bond acceptors (Lipinski definition) is 8. The van der Waals surface area contributed by atoms with Crippen LogP contribution in [0.2, 0.25) is 0 Å². The van der Waals surface area contributed by atoms with Crippen LogP contribution in [0.5, 0.6) is 34.5 Å². The predicted octanol–water partition coefficient (Wildman–Crippen LogP) is 0.0870. The minimum atomic E-state index is -1.29. The van der Waals surface area contributed by atoms with Gasteiger partial charge in [-0.15, -0.1) is 0 Å². The molecule has 0 heterocycles. The van der Waals surface area contributed by atoms with E-state index < -0.39 is 46.4 Å². The van der Waals surface area contributed by atoms with E-state index in [9.17, 15) is 9.59 Å². The van der Waals surface area contributed by atoms with Crippen molar-refractivity contribution in [2.45, 2.75) is 0 Å². The van der Waals surface area contributed by atoms with Gasteiger partial charge in [0.2, 0.25) is 0 Å². The summed E-state index contributed by atoms with van der Waals surface area (Å²) < 4.78 is 0. The Morgan fingerprint density at radius 2 is 0.760 bits per heavy atom. The molecular formula is C14H14O10Te. The van der Waals surface area contributed by atoms with Crippen LogP contribution in [-0.2, 0) is 0 Å². The molecule has 0 aliphatic rings. The molecule has 0 fully saturated rings. The van der Waals surface area contributed by atoms with Gasteiger partial charge in [0.1, 0.15) is 0 Å². The number of carbonyl (C=O) groups is 2. The van der Waals surface area contributed by atoms with Crippen LogP contribution in [-0.4, -0.2) is 76.5 Å². The molecule has 2 rings (SSSR count). The van der Waals surface area contributed by atoms with Crippen LogP contribution in [0.25, 0.3) is 0 Å². The summed E-state index contributed by atoms with van der Waals surface area (Å²) in [5, 5.41) is 69.9. The fraction of sp³-hybridized carbons (Fsp3) is 0. The third-order valence-electron chi connectivity index (χ3n) is 2.63. The molecule has 0 aliphatic carbocycles. The zero-order chi connectivity index (χ0) is 18.6. The second kappa shape index (κ2) is 8.72. The molecule has 10 nitrogen and oxygen atoms in total. The monoisotopic (exact) mass is 472 g/mol. The van der Waals surface area contributed by atoms with E-state index in [2.05, 4.69) is 0 Å². The van der Waals surface area contributed by atoms with Crippen molar-refractivity contribution in [3.05, 3.63) is 35.4 Å². The molecule has 0 spiro atoms. The van der Waals surface area contributed by atoms with Crippen LogP contribution in [0.1, 0.15) is 20.7 Å². The van der Waals surface area contributed by atoms with E-state index in [1.54, 1.807) is 0 Å². The van der Waals surface area contributed by atoms with Crippen LogP contribution < -0.4 is 0 Å². The summed E-state index contributed by atoms with van der Waals surface area (Å²) in [6, 6.07) is 3.38. The number of aromatic hydroxyl groups is 6.